The molecule has 0 aliphatic carbocycles. The fraction of sp³-hybridized carbons (Fsp3) is 0.0769. The lowest BCUT2D eigenvalue weighted by Gasteiger charge is -2.08. The topological polar surface area (TPSA) is 106 Å². The Hall–Kier alpha value is -2.52. The van der Waals surface area contributed by atoms with Gasteiger partial charge in [-0.25, -0.2) is 4.98 Å². The molecule has 0 saturated carbocycles. The number of halogens is 1. The standard InChI is InChI=1S/C13H9ClN4O4S/c14-9-4-7(5-10-11(9)22-6-21-10)18-23(19,20)13-8-2-1-3-15-12(8)16-17-13/h1-5,18H,6H2,(H,15,16,17). The number of hydrogen-bond donors (Lipinski definition) is 2. The Labute approximate surface area is 135 Å². The summed E-state index contributed by atoms with van der Waals surface area (Å²) in [6.07, 6.45) is 1.53. The first-order chi connectivity index (χ1) is 11.0. The van der Waals surface area contributed by atoms with Crippen molar-refractivity contribution in [3.8, 4) is 11.5 Å². The molecular weight excluding hydrogens is 344 g/mol. The van der Waals surface area contributed by atoms with Gasteiger partial charge in [0.2, 0.25) is 6.79 Å². The van der Waals surface area contributed by atoms with Gasteiger partial charge in [0.05, 0.1) is 16.1 Å². The zero-order valence-corrected chi connectivity index (χ0v) is 13.0. The molecule has 118 valence electrons. The van der Waals surface area contributed by atoms with Crippen LogP contribution >= 0.6 is 11.6 Å². The molecule has 0 unspecified atom stereocenters. The second-order valence-electron chi connectivity index (χ2n) is 4.72. The lowest BCUT2D eigenvalue weighted by atomic mass is 10.3. The molecule has 2 aromatic heterocycles. The van der Waals surface area contributed by atoms with E-state index in [1.165, 1.54) is 18.3 Å². The number of benzene rings is 1. The van der Waals surface area contributed by atoms with Crippen LogP contribution in [0.3, 0.4) is 0 Å². The second-order valence-corrected chi connectivity index (χ2v) is 6.75. The van der Waals surface area contributed by atoms with Crippen LogP contribution in [0.15, 0.2) is 35.5 Å². The van der Waals surface area contributed by atoms with Gasteiger partial charge in [0.15, 0.2) is 22.2 Å². The van der Waals surface area contributed by atoms with Crippen LogP contribution in [0.1, 0.15) is 0 Å². The number of fused-ring (bicyclic) bond motifs is 2. The van der Waals surface area contributed by atoms with Gasteiger partial charge >= 0.3 is 0 Å². The van der Waals surface area contributed by atoms with Crippen molar-refractivity contribution in [3.05, 3.63) is 35.5 Å². The first-order valence-electron chi connectivity index (χ1n) is 6.46. The lowest BCUT2D eigenvalue weighted by molar-refractivity contribution is 0.174. The number of aromatic nitrogens is 3. The molecule has 0 amide bonds. The summed E-state index contributed by atoms with van der Waals surface area (Å²) >= 11 is 6.05. The van der Waals surface area contributed by atoms with Gasteiger partial charge in [0, 0.05) is 12.3 Å². The largest absolute Gasteiger partial charge is 0.453 e. The highest BCUT2D eigenvalue weighted by Crippen LogP contribution is 2.41. The quantitative estimate of drug-likeness (QED) is 0.748. The number of ether oxygens (including phenoxy) is 2. The van der Waals surface area contributed by atoms with Gasteiger partial charge in [-0.1, -0.05) is 11.6 Å². The normalized spacial score (nSPS) is 13.4. The molecule has 0 atom stereocenters. The van der Waals surface area contributed by atoms with Gasteiger partial charge in [0.1, 0.15) is 0 Å². The summed E-state index contributed by atoms with van der Waals surface area (Å²) < 4.78 is 38.0. The summed E-state index contributed by atoms with van der Waals surface area (Å²) in [6, 6.07) is 6.20. The van der Waals surface area contributed by atoms with E-state index in [1.807, 2.05) is 0 Å². The van der Waals surface area contributed by atoms with Crippen molar-refractivity contribution in [2.24, 2.45) is 0 Å². The van der Waals surface area contributed by atoms with Crippen LogP contribution in [-0.2, 0) is 10.0 Å². The van der Waals surface area contributed by atoms with Crippen molar-refractivity contribution in [2.45, 2.75) is 5.03 Å². The Morgan fingerprint density at radius 3 is 3.04 bits per heavy atom. The predicted octanol–water partition coefficient (Wildman–Crippen LogP) is 2.14. The molecule has 0 radical (unpaired) electrons. The SMILES string of the molecule is O=S(=O)(Nc1cc(Cl)c2c(c1)OCO2)c1[nH]nc2ncccc12. The lowest BCUT2D eigenvalue weighted by Crippen LogP contribution is -2.13. The zero-order chi connectivity index (χ0) is 16.0. The number of hydrogen-bond acceptors (Lipinski definition) is 6. The van der Waals surface area contributed by atoms with E-state index in [1.54, 1.807) is 12.1 Å². The molecule has 3 aromatic rings. The molecule has 1 aromatic carbocycles. The maximum Gasteiger partial charge on any atom is 0.279 e. The van der Waals surface area contributed by atoms with Crippen LogP contribution in [0.2, 0.25) is 5.02 Å². The Bertz CT molecular complexity index is 1020. The van der Waals surface area contributed by atoms with Gasteiger partial charge in [0.25, 0.3) is 10.0 Å². The molecule has 0 bridgehead atoms. The van der Waals surface area contributed by atoms with Crippen LogP contribution in [-0.4, -0.2) is 30.4 Å². The van der Waals surface area contributed by atoms with Crippen LogP contribution in [0.25, 0.3) is 11.0 Å². The van der Waals surface area contributed by atoms with Crippen LogP contribution in [0.4, 0.5) is 5.69 Å². The second kappa shape index (κ2) is 5.00. The van der Waals surface area contributed by atoms with E-state index in [4.69, 9.17) is 21.1 Å². The number of rotatable bonds is 3. The summed E-state index contributed by atoms with van der Waals surface area (Å²) in [6.45, 7) is 0.0438. The highest BCUT2D eigenvalue weighted by molar-refractivity contribution is 7.92. The number of sulfonamides is 1. The Balaban J connectivity index is 1.75. The van der Waals surface area contributed by atoms with Gasteiger partial charge in [-0.05, 0) is 18.2 Å². The molecule has 2 N–H and O–H groups in total. The van der Waals surface area contributed by atoms with Crippen LogP contribution in [0, 0.1) is 0 Å². The average Bonchev–Trinajstić information content (AvgIpc) is 3.13. The van der Waals surface area contributed by atoms with Crippen LogP contribution < -0.4 is 14.2 Å². The van der Waals surface area contributed by atoms with E-state index < -0.39 is 10.0 Å². The monoisotopic (exact) mass is 352 g/mol. The predicted molar refractivity (Wildman–Crippen MR) is 82.3 cm³/mol. The molecule has 0 saturated heterocycles. The van der Waals surface area contributed by atoms with E-state index in [0.29, 0.717) is 22.5 Å². The summed E-state index contributed by atoms with van der Waals surface area (Å²) in [5.41, 5.74) is 0.572. The summed E-state index contributed by atoms with van der Waals surface area (Å²) in [5.74, 6) is 0.775. The maximum atomic E-state index is 12.6. The average molecular weight is 353 g/mol. The summed E-state index contributed by atoms with van der Waals surface area (Å²) in [4.78, 5) is 3.99. The van der Waals surface area contributed by atoms with E-state index in [2.05, 4.69) is 19.9 Å². The van der Waals surface area contributed by atoms with E-state index in [-0.39, 0.29) is 22.5 Å². The highest BCUT2D eigenvalue weighted by atomic mass is 35.5. The van der Waals surface area contributed by atoms with Gasteiger partial charge in [-0.3, -0.25) is 9.82 Å². The Morgan fingerprint density at radius 2 is 2.17 bits per heavy atom. The third-order valence-corrected chi connectivity index (χ3v) is 4.88. The minimum absolute atomic E-state index is 0.0438. The van der Waals surface area contributed by atoms with Crippen molar-refractivity contribution >= 4 is 38.3 Å². The van der Waals surface area contributed by atoms with Gasteiger partial charge < -0.3 is 9.47 Å². The number of anilines is 1. The molecular formula is C13H9ClN4O4S. The van der Waals surface area contributed by atoms with Crippen molar-refractivity contribution in [2.75, 3.05) is 11.5 Å². The van der Waals surface area contributed by atoms with E-state index in [9.17, 15) is 8.42 Å². The minimum atomic E-state index is -3.89. The van der Waals surface area contributed by atoms with Crippen LogP contribution in [0.5, 0.6) is 11.5 Å². The highest BCUT2D eigenvalue weighted by Gasteiger charge is 2.24. The number of aromatic amines is 1. The molecule has 0 spiro atoms. The smallest absolute Gasteiger partial charge is 0.279 e. The summed E-state index contributed by atoms with van der Waals surface area (Å²) in [7, 11) is -3.89. The third kappa shape index (κ3) is 2.34. The molecule has 3 heterocycles. The molecule has 1 aliphatic heterocycles. The number of H-pyrrole nitrogens is 1. The van der Waals surface area contributed by atoms with E-state index >= 15 is 0 Å². The summed E-state index contributed by atoms with van der Waals surface area (Å²) in [5, 5.41) is 6.94. The number of nitrogens with one attached hydrogen (secondary N) is 2. The molecule has 1 aliphatic rings. The number of pyridine rings is 1. The molecule has 4 rings (SSSR count). The number of nitrogens with zero attached hydrogens (tertiary/aromatic N) is 2. The maximum absolute atomic E-state index is 12.6. The third-order valence-electron chi connectivity index (χ3n) is 3.24. The molecule has 0 fully saturated rings. The van der Waals surface area contributed by atoms with Crippen molar-refractivity contribution in [1.82, 2.24) is 15.2 Å². The Kier molecular flexibility index (Phi) is 3.06. The van der Waals surface area contributed by atoms with Gasteiger partial charge in [-0.2, -0.15) is 13.5 Å². The first-order valence-corrected chi connectivity index (χ1v) is 8.32. The van der Waals surface area contributed by atoms with Crippen molar-refractivity contribution in [3.63, 3.8) is 0 Å². The fourth-order valence-corrected chi connectivity index (χ4v) is 3.67. The fourth-order valence-electron chi connectivity index (χ4n) is 2.26. The minimum Gasteiger partial charge on any atom is -0.453 e. The first kappa shape index (κ1) is 14.1. The van der Waals surface area contributed by atoms with Crippen molar-refractivity contribution in [1.29, 1.82) is 0 Å². The van der Waals surface area contributed by atoms with Gasteiger partial charge in [-0.15, -0.1) is 0 Å². The molecule has 23 heavy (non-hydrogen) atoms. The molecule has 10 heteroatoms. The zero-order valence-electron chi connectivity index (χ0n) is 11.4. The Morgan fingerprint density at radius 1 is 1.30 bits per heavy atom. The van der Waals surface area contributed by atoms with E-state index in [0.717, 1.165) is 0 Å². The molecule has 8 nitrogen and oxygen atoms in total. The van der Waals surface area contributed by atoms with Crippen molar-refractivity contribution < 1.29 is 17.9 Å².